The largest absolute Gasteiger partial charge is 0.435 e. The Morgan fingerprint density at radius 3 is 2.32 bits per heavy atom. The summed E-state index contributed by atoms with van der Waals surface area (Å²) in [4.78, 5) is 12.2. The molecule has 0 radical (unpaired) electrons. The number of hydrogen-bond acceptors (Lipinski definition) is 4. The molecule has 132 valence electrons. The van der Waals surface area contributed by atoms with Gasteiger partial charge in [0.1, 0.15) is 0 Å². The van der Waals surface area contributed by atoms with Crippen molar-refractivity contribution in [3.05, 3.63) is 47.3 Å². The second-order valence-corrected chi connectivity index (χ2v) is 5.51. The summed E-state index contributed by atoms with van der Waals surface area (Å²) in [5.74, 6) is -3.25. The van der Waals surface area contributed by atoms with Crippen molar-refractivity contribution >= 4 is 17.3 Å². The van der Waals surface area contributed by atoms with Crippen LogP contribution in [0.2, 0.25) is 0 Å². The number of anilines is 2. The highest BCUT2D eigenvalue weighted by Gasteiger charge is 2.34. The van der Waals surface area contributed by atoms with E-state index in [1.54, 1.807) is 0 Å². The maximum Gasteiger partial charge on any atom is 0.435 e. The molecular formula is C15H11F5N4O. The number of nitrogens with one attached hydrogen (secondary N) is 2. The van der Waals surface area contributed by atoms with Crippen molar-refractivity contribution in [2.45, 2.75) is 25.1 Å². The predicted molar refractivity (Wildman–Crippen MR) is 78.0 cm³/mol. The van der Waals surface area contributed by atoms with E-state index in [4.69, 9.17) is 0 Å². The number of benzene rings is 1. The van der Waals surface area contributed by atoms with Crippen LogP contribution in [0.1, 0.15) is 28.9 Å². The van der Waals surface area contributed by atoms with E-state index in [9.17, 15) is 26.7 Å². The molecule has 5 nitrogen and oxygen atoms in total. The third-order valence-corrected chi connectivity index (χ3v) is 3.45. The molecule has 1 aliphatic rings. The van der Waals surface area contributed by atoms with Crippen molar-refractivity contribution in [1.29, 1.82) is 0 Å². The summed E-state index contributed by atoms with van der Waals surface area (Å²) in [5, 5.41) is 11.2. The van der Waals surface area contributed by atoms with Gasteiger partial charge in [0, 0.05) is 18.2 Å². The van der Waals surface area contributed by atoms with E-state index in [-0.39, 0.29) is 17.4 Å². The number of halogens is 5. The first kappa shape index (κ1) is 17.1. The predicted octanol–water partition coefficient (Wildman–Crippen LogP) is 3.60. The van der Waals surface area contributed by atoms with E-state index < -0.39 is 35.0 Å². The fraction of sp³-hybridized carbons (Fsp3) is 0.267. The SMILES string of the molecule is O=C(Nc1cc(F)c(F)cc1NC1CC1)c1cnnc(C(F)(F)F)c1. The van der Waals surface area contributed by atoms with Crippen molar-refractivity contribution in [3.8, 4) is 0 Å². The number of amides is 1. The molecule has 0 atom stereocenters. The Balaban J connectivity index is 1.86. The maximum absolute atomic E-state index is 13.5. The molecule has 0 spiro atoms. The zero-order chi connectivity index (χ0) is 18.2. The second kappa shape index (κ2) is 6.26. The Hall–Kier alpha value is -2.78. The summed E-state index contributed by atoms with van der Waals surface area (Å²) in [6.07, 6.45) is -2.23. The molecule has 1 fully saturated rings. The fourth-order valence-corrected chi connectivity index (χ4v) is 2.04. The van der Waals surface area contributed by atoms with Crippen LogP contribution in [-0.2, 0) is 6.18 Å². The van der Waals surface area contributed by atoms with Crippen LogP contribution in [0.3, 0.4) is 0 Å². The van der Waals surface area contributed by atoms with Gasteiger partial charge in [-0.1, -0.05) is 0 Å². The molecule has 1 saturated carbocycles. The highest BCUT2D eigenvalue weighted by molar-refractivity contribution is 6.05. The molecule has 2 aromatic rings. The molecule has 1 aromatic carbocycles. The van der Waals surface area contributed by atoms with Gasteiger partial charge < -0.3 is 10.6 Å². The lowest BCUT2D eigenvalue weighted by Crippen LogP contribution is -2.17. The highest BCUT2D eigenvalue weighted by Crippen LogP contribution is 2.32. The van der Waals surface area contributed by atoms with Crippen LogP contribution in [0, 0.1) is 11.6 Å². The second-order valence-electron chi connectivity index (χ2n) is 5.51. The molecule has 3 rings (SSSR count). The van der Waals surface area contributed by atoms with Crippen LogP contribution in [0.4, 0.5) is 33.3 Å². The number of carbonyl (C=O) groups excluding carboxylic acids is 1. The number of alkyl halides is 3. The molecular weight excluding hydrogens is 347 g/mol. The van der Waals surface area contributed by atoms with Gasteiger partial charge in [-0.25, -0.2) is 8.78 Å². The third kappa shape index (κ3) is 4.01. The summed E-state index contributed by atoms with van der Waals surface area (Å²) in [6.45, 7) is 0. The molecule has 1 aromatic heterocycles. The average molecular weight is 358 g/mol. The molecule has 25 heavy (non-hydrogen) atoms. The van der Waals surface area contributed by atoms with Crippen LogP contribution < -0.4 is 10.6 Å². The Morgan fingerprint density at radius 2 is 1.72 bits per heavy atom. The van der Waals surface area contributed by atoms with E-state index in [1.165, 1.54) is 0 Å². The Kier molecular flexibility index (Phi) is 4.27. The Morgan fingerprint density at radius 1 is 1.08 bits per heavy atom. The smallest absolute Gasteiger partial charge is 0.381 e. The molecule has 0 unspecified atom stereocenters. The average Bonchev–Trinajstić information content (AvgIpc) is 3.35. The zero-order valence-corrected chi connectivity index (χ0v) is 12.5. The van der Waals surface area contributed by atoms with Crippen molar-refractivity contribution in [2.75, 3.05) is 10.6 Å². The number of carbonyl (C=O) groups is 1. The number of aromatic nitrogens is 2. The van der Waals surface area contributed by atoms with Crippen molar-refractivity contribution in [3.63, 3.8) is 0 Å². The molecule has 0 aliphatic heterocycles. The normalized spacial score (nSPS) is 14.3. The zero-order valence-electron chi connectivity index (χ0n) is 12.5. The summed E-state index contributed by atoms with van der Waals surface area (Å²) in [7, 11) is 0. The van der Waals surface area contributed by atoms with Crippen molar-refractivity contribution in [2.24, 2.45) is 0 Å². The topological polar surface area (TPSA) is 66.9 Å². The summed E-state index contributed by atoms with van der Waals surface area (Å²) >= 11 is 0. The number of hydrogen-bond donors (Lipinski definition) is 2. The van der Waals surface area contributed by atoms with E-state index in [0.717, 1.165) is 31.2 Å². The first-order chi connectivity index (χ1) is 11.7. The fourth-order valence-electron chi connectivity index (χ4n) is 2.04. The third-order valence-electron chi connectivity index (χ3n) is 3.45. The van der Waals surface area contributed by atoms with Crippen molar-refractivity contribution < 1.29 is 26.7 Å². The molecule has 0 bridgehead atoms. The Labute approximate surface area is 138 Å². The van der Waals surface area contributed by atoms with E-state index in [2.05, 4.69) is 20.8 Å². The molecule has 2 N–H and O–H groups in total. The maximum atomic E-state index is 13.5. The molecule has 1 heterocycles. The van der Waals surface area contributed by atoms with Gasteiger partial charge in [-0.3, -0.25) is 4.79 Å². The van der Waals surface area contributed by atoms with Crippen LogP contribution in [0.25, 0.3) is 0 Å². The first-order valence-electron chi connectivity index (χ1n) is 7.21. The van der Waals surface area contributed by atoms with Gasteiger partial charge in [0.2, 0.25) is 0 Å². The van der Waals surface area contributed by atoms with Gasteiger partial charge in [0.15, 0.2) is 17.3 Å². The lowest BCUT2D eigenvalue weighted by molar-refractivity contribution is -0.141. The van der Waals surface area contributed by atoms with Gasteiger partial charge in [-0.2, -0.15) is 18.3 Å². The van der Waals surface area contributed by atoms with Gasteiger partial charge in [0.05, 0.1) is 23.1 Å². The molecule has 10 heteroatoms. The summed E-state index contributed by atoms with van der Waals surface area (Å²) in [6, 6.07) is 2.25. The standard InChI is InChI=1S/C15H11F5N4O/c16-9-4-11(22-8-1-2-8)12(5-10(9)17)23-14(25)7-3-13(15(18,19)20)24-21-6-7/h3-6,8,22H,1-2H2,(H,23,25). The summed E-state index contributed by atoms with van der Waals surface area (Å²) in [5.41, 5.74) is -1.68. The van der Waals surface area contributed by atoms with E-state index in [1.807, 2.05) is 0 Å². The van der Waals surface area contributed by atoms with Gasteiger partial charge >= 0.3 is 6.18 Å². The number of rotatable bonds is 4. The lowest BCUT2D eigenvalue weighted by Gasteiger charge is -2.14. The van der Waals surface area contributed by atoms with Crippen LogP contribution in [0.5, 0.6) is 0 Å². The van der Waals surface area contributed by atoms with Gasteiger partial charge in [-0.05, 0) is 18.9 Å². The minimum Gasteiger partial charge on any atom is -0.381 e. The van der Waals surface area contributed by atoms with E-state index in [0.29, 0.717) is 6.07 Å². The molecule has 0 saturated heterocycles. The van der Waals surface area contributed by atoms with Crippen LogP contribution in [-0.4, -0.2) is 22.1 Å². The van der Waals surface area contributed by atoms with Crippen LogP contribution >= 0.6 is 0 Å². The van der Waals surface area contributed by atoms with E-state index >= 15 is 0 Å². The van der Waals surface area contributed by atoms with Gasteiger partial charge in [0.25, 0.3) is 5.91 Å². The minimum absolute atomic E-state index is 0.0822. The lowest BCUT2D eigenvalue weighted by atomic mass is 10.2. The Bertz CT molecular complexity index is 820. The summed E-state index contributed by atoms with van der Waals surface area (Å²) < 4.78 is 64.8. The monoisotopic (exact) mass is 358 g/mol. The number of nitrogens with zero attached hydrogens (tertiary/aromatic N) is 2. The molecule has 1 aliphatic carbocycles. The van der Waals surface area contributed by atoms with Crippen LogP contribution in [0.15, 0.2) is 24.4 Å². The first-order valence-corrected chi connectivity index (χ1v) is 7.21. The minimum atomic E-state index is -4.76. The molecule has 1 amide bonds. The highest BCUT2D eigenvalue weighted by atomic mass is 19.4. The quantitative estimate of drug-likeness (QED) is 0.820. The van der Waals surface area contributed by atoms with Crippen molar-refractivity contribution in [1.82, 2.24) is 10.2 Å². The van der Waals surface area contributed by atoms with Gasteiger partial charge in [-0.15, -0.1) is 5.10 Å².